The summed E-state index contributed by atoms with van der Waals surface area (Å²) in [6.45, 7) is 15.6. The van der Waals surface area contributed by atoms with Crippen molar-refractivity contribution in [2.24, 2.45) is 0 Å². The molecule has 1 amide bonds. The van der Waals surface area contributed by atoms with Gasteiger partial charge < -0.3 is 24.0 Å². The predicted octanol–water partition coefficient (Wildman–Crippen LogP) is 4.37. The maximum absolute atomic E-state index is 12.3. The van der Waals surface area contributed by atoms with Crippen LogP contribution in [0.15, 0.2) is 36.6 Å². The molecule has 0 N–H and O–H groups in total. The molecule has 7 nitrogen and oxygen atoms in total. The molecule has 0 aromatic heterocycles. The molecule has 31 heavy (non-hydrogen) atoms. The fourth-order valence-corrected chi connectivity index (χ4v) is 3.68. The molecular formula is C24H32N2O5. The van der Waals surface area contributed by atoms with E-state index < -0.39 is 5.60 Å². The van der Waals surface area contributed by atoms with E-state index in [1.807, 2.05) is 50.8 Å². The summed E-state index contributed by atoms with van der Waals surface area (Å²) < 4.78 is 16.8. The van der Waals surface area contributed by atoms with Gasteiger partial charge in [-0.2, -0.15) is 0 Å². The standard InChI is InChI=1S/C24H32N2O5/c1-7-25-15-20(22(27)29-8-2)16(3)19-10-9-17(13-21(19)25)30-18-11-12-26(14-18)23(28)31-24(4,5)6/h9-10,13,15,18H,3,7-8,11-12,14H2,1-2,4-6H3/t18-/m1/s1. The van der Waals surface area contributed by atoms with Crippen molar-refractivity contribution in [1.82, 2.24) is 4.90 Å². The zero-order valence-corrected chi connectivity index (χ0v) is 19.1. The molecule has 0 spiro atoms. The number of benzene rings is 1. The average Bonchev–Trinajstić information content (AvgIpc) is 3.16. The Bertz CT molecular complexity index is 900. The molecule has 0 unspecified atom stereocenters. The van der Waals surface area contributed by atoms with Crippen LogP contribution in [0.25, 0.3) is 5.57 Å². The quantitative estimate of drug-likeness (QED) is 0.649. The van der Waals surface area contributed by atoms with E-state index in [-0.39, 0.29) is 18.2 Å². The van der Waals surface area contributed by atoms with Crippen molar-refractivity contribution in [2.75, 3.05) is 31.1 Å². The topological polar surface area (TPSA) is 68.3 Å². The highest BCUT2D eigenvalue weighted by atomic mass is 16.6. The Morgan fingerprint density at radius 1 is 1.23 bits per heavy atom. The lowest BCUT2D eigenvalue weighted by molar-refractivity contribution is -0.138. The van der Waals surface area contributed by atoms with Gasteiger partial charge in [-0.3, -0.25) is 0 Å². The molecule has 3 rings (SSSR count). The second-order valence-electron chi connectivity index (χ2n) is 8.66. The summed E-state index contributed by atoms with van der Waals surface area (Å²) in [7, 11) is 0. The van der Waals surface area contributed by atoms with E-state index in [9.17, 15) is 9.59 Å². The van der Waals surface area contributed by atoms with Crippen LogP contribution in [0.1, 0.15) is 46.6 Å². The minimum absolute atomic E-state index is 0.0990. The first-order valence-electron chi connectivity index (χ1n) is 10.8. The Kier molecular flexibility index (Phi) is 6.62. The maximum atomic E-state index is 12.3. The highest BCUT2D eigenvalue weighted by Crippen LogP contribution is 2.39. The number of hydrogen-bond acceptors (Lipinski definition) is 6. The zero-order valence-electron chi connectivity index (χ0n) is 19.1. The molecule has 1 aromatic carbocycles. The molecule has 7 heteroatoms. The minimum Gasteiger partial charge on any atom is -0.488 e. The fourth-order valence-electron chi connectivity index (χ4n) is 3.68. The van der Waals surface area contributed by atoms with E-state index in [0.29, 0.717) is 43.1 Å². The lowest BCUT2D eigenvalue weighted by atomic mass is 9.94. The number of carbonyl (C=O) groups is 2. The summed E-state index contributed by atoms with van der Waals surface area (Å²) in [5.41, 5.74) is 2.40. The van der Waals surface area contributed by atoms with Crippen molar-refractivity contribution in [3.8, 4) is 5.75 Å². The number of amides is 1. The molecule has 1 saturated heterocycles. The van der Waals surface area contributed by atoms with Crippen LogP contribution in [-0.4, -0.2) is 54.9 Å². The molecule has 0 radical (unpaired) electrons. The maximum Gasteiger partial charge on any atom is 0.410 e. The molecule has 0 bridgehead atoms. The van der Waals surface area contributed by atoms with Gasteiger partial charge in [0.2, 0.25) is 0 Å². The summed E-state index contributed by atoms with van der Waals surface area (Å²) in [6, 6.07) is 5.75. The first-order chi connectivity index (χ1) is 14.6. The summed E-state index contributed by atoms with van der Waals surface area (Å²) in [4.78, 5) is 28.3. The van der Waals surface area contributed by atoms with Crippen LogP contribution >= 0.6 is 0 Å². The molecule has 1 aromatic rings. The molecule has 2 aliphatic rings. The first-order valence-corrected chi connectivity index (χ1v) is 10.8. The number of esters is 1. The van der Waals surface area contributed by atoms with Crippen molar-refractivity contribution >= 4 is 23.3 Å². The normalized spacial score (nSPS) is 18.4. The van der Waals surface area contributed by atoms with E-state index >= 15 is 0 Å². The molecule has 168 valence electrons. The third kappa shape index (κ3) is 5.21. The van der Waals surface area contributed by atoms with Crippen molar-refractivity contribution < 1.29 is 23.8 Å². The van der Waals surface area contributed by atoms with Gasteiger partial charge in [-0.05, 0) is 52.3 Å². The third-order valence-corrected chi connectivity index (χ3v) is 5.15. The van der Waals surface area contributed by atoms with E-state index in [0.717, 1.165) is 17.7 Å². The Labute approximate surface area is 184 Å². The molecule has 1 fully saturated rings. The van der Waals surface area contributed by atoms with E-state index in [4.69, 9.17) is 14.2 Å². The second kappa shape index (κ2) is 9.04. The largest absolute Gasteiger partial charge is 0.488 e. The van der Waals surface area contributed by atoms with Crippen LogP contribution < -0.4 is 9.64 Å². The fraction of sp³-hybridized carbons (Fsp3) is 0.500. The number of anilines is 1. The number of hydrogen-bond donors (Lipinski definition) is 0. The van der Waals surface area contributed by atoms with Gasteiger partial charge in [0.15, 0.2) is 0 Å². The zero-order chi connectivity index (χ0) is 22.8. The highest BCUT2D eigenvalue weighted by molar-refractivity contribution is 6.09. The molecule has 0 aliphatic carbocycles. The van der Waals surface area contributed by atoms with Gasteiger partial charge in [-0.15, -0.1) is 0 Å². The average molecular weight is 429 g/mol. The summed E-state index contributed by atoms with van der Waals surface area (Å²) in [5.74, 6) is 0.346. The lowest BCUT2D eigenvalue weighted by Crippen LogP contribution is -2.36. The van der Waals surface area contributed by atoms with Gasteiger partial charge in [-0.25, -0.2) is 9.59 Å². The van der Waals surface area contributed by atoms with E-state index in [1.54, 1.807) is 18.0 Å². The van der Waals surface area contributed by atoms with Crippen molar-refractivity contribution in [3.63, 3.8) is 0 Å². The van der Waals surface area contributed by atoms with Gasteiger partial charge >= 0.3 is 12.1 Å². The van der Waals surface area contributed by atoms with Crippen LogP contribution in [0.4, 0.5) is 10.5 Å². The van der Waals surface area contributed by atoms with Crippen LogP contribution in [-0.2, 0) is 14.3 Å². The van der Waals surface area contributed by atoms with Crippen molar-refractivity contribution in [3.05, 3.63) is 42.1 Å². The third-order valence-electron chi connectivity index (χ3n) is 5.15. The van der Waals surface area contributed by atoms with E-state index in [1.165, 1.54) is 0 Å². The van der Waals surface area contributed by atoms with Gasteiger partial charge in [0.1, 0.15) is 17.5 Å². The highest BCUT2D eigenvalue weighted by Gasteiger charge is 2.31. The predicted molar refractivity (Wildman–Crippen MR) is 120 cm³/mol. The molecule has 0 saturated carbocycles. The van der Waals surface area contributed by atoms with E-state index in [2.05, 4.69) is 6.58 Å². The number of nitrogens with zero attached hydrogens (tertiary/aromatic N) is 2. The first kappa shape index (κ1) is 22.7. The molecule has 1 atom stereocenters. The van der Waals surface area contributed by atoms with Gasteiger partial charge in [0.05, 0.1) is 24.4 Å². The molecular weight excluding hydrogens is 396 g/mol. The van der Waals surface area contributed by atoms with Crippen molar-refractivity contribution in [2.45, 2.75) is 52.7 Å². The number of likely N-dealkylation sites (tertiary alicyclic amines) is 1. The Morgan fingerprint density at radius 3 is 2.61 bits per heavy atom. The van der Waals surface area contributed by atoms with Crippen LogP contribution in [0.2, 0.25) is 0 Å². The van der Waals surface area contributed by atoms with Gasteiger partial charge in [-0.1, -0.05) is 6.58 Å². The smallest absolute Gasteiger partial charge is 0.410 e. The SMILES string of the molecule is C=C1C(C(=O)OCC)=CN(CC)c2cc(O[C@@H]3CCN(C(=O)OC(C)(C)C)C3)ccc21. The molecule has 2 aliphatic heterocycles. The Balaban J connectivity index is 1.72. The number of fused-ring (bicyclic) bond motifs is 1. The second-order valence-corrected chi connectivity index (χ2v) is 8.66. The minimum atomic E-state index is -0.517. The number of ether oxygens (including phenoxy) is 3. The summed E-state index contributed by atoms with van der Waals surface area (Å²) in [5, 5.41) is 0. The van der Waals surface area contributed by atoms with Gasteiger partial charge in [0, 0.05) is 37.3 Å². The number of rotatable bonds is 5. The van der Waals surface area contributed by atoms with Crippen molar-refractivity contribution in [1.29, 1.82) is 0 Å². The number of carbonyl (C=O) groups excluding carboxylic acids is 2. The summed E-state index contributed by atoms with van der Waals surface area (Å²) in [6.07, 6.45) is 2.12. The Hall–Kier alpha value is -2.96. The van der Waals surface area contributed by atoms with Gasteiger partial charge in [0.25, 0.3) is 0 Å². The molecule has 2 heterocycles. The van der Waals surface area contributed by atoms with Crippen LogP contribution in [0.3, 0.4) is 0 Å². The lowest BCUT2D eigenvalue weighted by Gasteiger charge is -2.29. The Morgan fingerprint density at radius 2 is 1.97 bits per heavy atom. The summed E-state index contributed by atoms with van der Waals surface area (Å²) >= 11 is 0. The monoisotopic (exact) mass is 428 g/mol. The van der Waals surface area contributed by atoms with Crippen LogP contribution in [0.5, 0.6) is 5.75 Å². The van der Waals surface area contributed by atoms with Crippen LogP contribution in [0, 0.1) is 0 Å².